The molecule has 1 fully saturated rings. The normalized spacial score (nSPS) is 15.2. The number of urea groups is 1. The summed E-state index contributed by atoms with van der Waals surface area (Å²) in [6.07, 6.45) is 2.09. The lowest BCUT2D eigenvalue weighted by atomic mass is 9.95. The number of carbonyl (C=O) groups is 1. The number of sulfonamides is 1. The van der Waals surface area contributed by atoms with Crippen molar-refractivity contribution in [1.29, 1.82) is 0 Å². The molecule has 1 aliphatic heterocycles. The summed E-state index contributed by atoms with van der Waals surface area (Å²) in [4.78, 5) is 12.4. The largest absolute Gasteiger partial charge is 0.495 e. The summed E-state index contributed by atoms with van der Waals surface area (Å²) < 4.78 is 50.3. The zero-order valence-electron chi connectivity index (χ0n) is 18.4. The zero-order valence-corrected chi connectivity index (χ0v) is 20.0. The van der Waals surface area contributed by atoms with E-state index < -0.39 is 21.9 Å². The van der Waals surface area contributed by atoms with E-state index in [4.69, 9.17) is 21.1 Å². The molecule has 1 heterocycles. The molecule has 2 amide bonds. The molecule has 8 nitrogen and oxygen atoms in total. The predicted molar refractivity (Wildman–Crippen MR) is 124 cm³/mol. The van der Waals surface area contributed by atoms with Gasteiger partial charge in [0.15, 0.2) is 0 Å². The molecule has 0 bridgehead atoms. The number of nitrogens with zero attached hydrogens (tertiary/aromatic N) is 1. The first-order chi connectivity index (χ1) is 15.7. The second-order valence-corrected chi connectivity index (χ2v) is 10.0. The molecular formula is C22H27ClFN3O5S. The van der Waals surface area contributed by atoms with E-state index in [0.29, 0.717) is 54.7 Å². The third-order valence-corrected chi connectivity index (χ3v) is 7.79. The van der Waals surface area contributed by atoms with Crippen molar-refractivity contribution in [2.45, 2.75) is 24.2 Å². The number of halogens is 2. The molecule has 0 spiro atoms. The van der Waals surface area contributed by atoms with Gasteiger partial charge in [-0.25, -0.2) is 17.6 Å². The van der Waals surface area contributed by atoms with Gasteiger partial charge in [0.1, 0.15) is 17.3 Å². The van der Waals surface area contributed by atoms with Crippen molar-refractivity contribution >= 4 is 33.3 Å². The van der Waals surface area contributed by atoms with Crippen LogP contribution in [0.15, 0.2) is 41.3 Å². The smallest absolute Gasteiger partial charge is 0.319 e. The van der Waals surface area contributed by atoms with Crippen molar-refractivity contribution in [3.05, 3.63) is 47.2 Å². The monoisotopic (exact) mass is 499 g/mol. The van der Waals surface area contributed by atoms with Crippen LogP contribution in [0.4, 0.5) is 14.9 Å². The highest BCUT2D eigenvalue weighted by molar-refractivity contribution is 7.89. The summed E-state index contributed by atoms with van der Waals surface area (Å²) >= 11 is 6.12. The molecule has 2 N–H and O–H groups in total. The maximum atomic E-state index is 13.1. The molecular weight excluding hydrogens is 473 g/mol. The van der Waals surface area contributed by atoms with E-state index in [1.807, 2.05) is 0 Å². The number of anilines is 1. The van der Waals surface area contributed by atoms with Crippen LogP contribution in [0.3, 0.4) is 0 Å². The van der Waals surface area contributed by atoms with E-state index >= 15 is 0 Å². The van der Waals surface area contributed by atoms with Gasteiger partial charge in [0, 0.05) is 25.7 Å². The van der Waals surface area contributed by atoms with Crippen LogP contribution in [0.1, 0.15) is 19.3 Å². The molecule has 180 valence electrons. The lowest BCUT2D eigenvalue weighted by Crippen LogP contribution is -2.39. The summed E-state index contributed by atoms with van der Waals surface area (Å²) in [5, 5.41) is 5.86. The average Bonchev–Trinajstić information content (AvgIpc) is 2.80. The first-order valence-corrected chi connectivity index (χ1v) is 12.3. The molecule has 0 radical (unpaired) electrons. The number of amides is 2. The number of hydrogen-bond donors (Lipinski definition) is 2. The number of piperidine rings is 1. The summed E-state index contributed by atoms with van der Waals surface area (Å²) in [6, 6.07) is 7.60. The van der Waals surface area contributed by atoms with Crippen LogP contribution in [-0.4, -0.2) is 52.6 Å². The van der Waals surface area contributed by atoms with Gasteiger partial charge >= 0.3 is 6.03 Å². The van der Waals surface area contributed by atoms with E-state index in [9.17, 15) is 17.6 Å². The van der Waals surface area contributed by atoms with Crippen LogP contribution >= 0.6 is 11.6 Å². The Morgan fingerprint density at radius 2 is 1.76 bits per heavy atom. The standard InChI is InChI=1S/C22H27ClFN3O5S/c1-31-20-14-21(32-2)19(13-18(20)23)26-22(28)25-10-7-15-8-11-27(12-9-15)33(29,30)17-5-3-16(24)4-6-17/h3-6,13-15H,7-12H2,1-2H3,(H2,25,26,28). The number of nitrogens with one attached hydrogen (secondary N) is 2. The maximum absolute atomic E-state index is 13.1. The molecule has 1 saturated heterocycles. The number of methoxy groups -OCH3 is 2. The summed E-state index contributed by atoms with van der Waals surface area (Å²) in [5.74, 6) is 0.668. The third kappa shape index (κ3) is 6.27. The Balaban J connectivity index is 1.45. The Morgan fingerprint density at radius 3 is 2.36 bits per heavy atom. The Bertz CT molecular complexity index is 1070. The van der Waals surface area contributed by atoms with Gasteiger partial charge in [-0.2, -0.15) is 4.31 Å². The highest BCUT2D eigenvalue weighted by atomic mass is 35.5. The lowest BCUT2D eigenvalue weighted by Gasteiger charge is -2.31. The quantitative estimate of drug-likeness (QED) is 0.569. The maximum Gasteiger partial charge on any atom is 0.319 e. The number of hydrogen-bond acceptors (Lipinski definition) is 5. The van der Waals surface area contributed by atoms with Gasteiger partial charge in [0.2, 0.25) is 10.0 Å². The van der Waals surface area contributed by atoms with Crippen molar-refractivity contribution in [3.63, 3.8) is 0 Å². The molecule has 0 unspecified atom stereocenters. The summed E-state index contributed by atoms with van der Waals surface area (Å²) in [5.41, 5.74) is 0.417. The molecule has 0 aromatic heterocycles. The second kappa shape index (κ2) is 11.0. The van der Waals surface area contributed by atoms with Crippen LogP contribution in [0, 0.1) is 11.7 Å². The van der Waals surface area contributed by atoms with Gasteiger partial charge in [-0.1, -0.05) is 11.6 Å². The van der Waals surface area contributed by atoms with Crippen molar-refractivity contribution in [1.82, 2.24) is 9.62 Å². The van der Waals surface area contributed by atoms with Gasteiger partial charge in [0.25, 0.3) is 0 Å². The van der Waals surface area contributed by atoms with Gasteiger partial charge in [-0.15, -0.1) is 0 Å². The van der Waals surface area contributed by atoms with E-state index in [0.717, 1.165) is 18.6 Å². The number of carbonyl (C=O) groups excluding carboxylic acids is 1. The molecule has 33 heavy (non-hydrogen) atoms. The topological polar surface area (TPSA) is 97.0 Å². The van der Waals surface area contributed by atoms with Crippen molar-refractivity contribution < 1.29 is 27.1 Å². The first kappa shape index (κ1) is 25.1. The van der Waals surface area contributed by atoms with Crippen LogP contribution < -0.4 is 20.1 Å². The molecule has 0 atom stereocenters. The minimum atomic E-state index is -3.63. The number of benzene rings is 2. The van der Waals surface area contributed by atoms with Gasteiger partial charge in [-0.05, 0) is 55.5 Å². The van der Waals surface area contributed by atoms with Crippen molar-refractivity contribution in [2.24, 2.45) is 5.92 Å². The fraction of sp³-hybridized carbons (Fsp3) is 0.409. The molecule has 0 aliphatic carbocycles. The molecule has 3 rings (SSSR count). The third-order valence-electron chi connectivity index (χ3n) is 5.59. The fourth-order valence-electron chi connectivity index (χ4n) is 3.71. The van der Waals surface area contributed by atoms with Crippen molar-refractivity contribution in [3.8, 4) is 11.5 Å². The van der Waals surface area contributed by atoms with Crippen LogP contribution in [0.5, 0.6) is 11.5 Å². The van der Waals surface area contributed by atoms with E-state index in [1.54, 1.807) is 12.1 Å². The first-order valence-electron chi connectivity index (χ1n) is 10.5. The molecule has 0 saturated carbocycles. The average molecular weight is 500 g/mol. The van der Waals surface area contributed by atoms with Gasteiger partial charge in [0.05, 0.1) is 29.8 Å². The van der Waals surface area contributed by atoms with E-state index in [1.165, 1.54) is 30.7 Å². The Kier molecular flexibility index (Phi) is 8.39. The van der Waals surface area contributed by atoms with Crippen LogP contribution in [-0.2, 0) is 10.0 Å². The highest BCUT2D eigenvalue weighted by Crippen LogP contribution is 2.35. The zero-order chi connectivity index (χ0) is 24.0. The number of ether oxygens (including phenoxy) is 2. The minimum absolute atomic E-state index is 0.0924. The SMILES string of the molecule is COc1cc(OC)c(NC(=O)NCCC2CCN(S(=O)(=O)c3ccc(F)cc3)CC2)cc1Cl. The summed E-state index contributed by atoms with van der Waals surface area (Å²) in [7, 11) is -0.661. The molecule has 2 aromatic rings. The van der Waals surface area contributed by atoms with Gasteiger partial charge in [-0.3, -0.25) is 0 Å². The molecule has 11 heteroatoms. The summed E-state index contributed by atoms with van der Waals surface area (Å²) in [6.45, 7) is 1.21. The highest BCUT2D eigenvalue weighted by Gasteiger charge is 2.29. The van der Waals surface area contributed by atoms with Crippen LogP contribution in [0.25, 0.3) is 0 Å². The Hall–Kier alpha value is -2.56. The van der Waals surface area contributed by atoms with E-state index in [-0.39, 0.29) is 10.8 Å². The minimum Gasteiger partial charge on any atom is -0.495 e. The van der Waals surface area contributed by atoms with Crippen molar-refractivity contribution in [2.75, 3.05) is 39.2 Å². The molecule has 2 aromatic carbocycles. The Morgan fingerprint density at radius 1 is 1.12 bits per heavy atom. The Labute approximate surface area is 198 Å². The van der Waals surface area contributed by atoms with Crippen LogP contribution in [0.2, 0.25) is 5.02 Å². The fourth-order valence-corrected chi connectivity index (χ4v) is 5.42. The second-order valence-electron chi connectivity index (χ2n) is 7.66. The predicted octanol–water partition coefficient (Wildman–Crippen LogP) is 4.11. The lowest BCUT2D eigenvalue weighted by molar-refractivity contribution is 0.245. The van der Waals surface area contributed by atoms with E-state index in [2.05, 4.69) is 10.6 Å². The number of rotatable bonds is 8. The van der Waals surface area contributed by atoms with Gasteiger partial charge < -0.3 is 20.1 Å². The molecule has 1 aliphatic rings.